The second-order valence-corrected chi connectivity index (χ2v) is 11.6. The molecule has 1 aromatic heterocycles. The normalized spacial score (nSPS) is 24.0. The number of methoxy groups -OCH3 is 1. The van der Waals surface area contributed by atoms with E-state index in [1.807, 2.05) is 10.3 Å². The highest BCUT2D eigenvalue weighted by atomic mass is 32.1. The summed E-state index contributed by atoms with van der Waals surface area (Å²) >= 11 is 1.60. The standard InChI is InChI=1S/C24H38N4O3S/c1-23(2)19(24(23,3)4)22(30)27-8-6-17(7-9-27)20-25-18(16-32-20)21(29)28-12-10-26(11-13-28)14-15-31-5/h16-17,19H,6-15H2,1-5H3. The number of carbonyl (C=O) groups is 2. The number of nitrogens with zero attached hydrogens (tertiary/aromatic N) is 4. The molecule has 0 radical (unpaired) electrons. The first-order valence-corrected chi connectivity index (χ1v) is 12.8. The lowest BCUT2D eigenvalue weighted by Crippen LogP contribution is -2.49. The fraction of sp³-hybridized carbons (Fsp3) is 0.792. The van der Waals surface area contributed by atoms with E-state index in [2.05, 4.69) is 37.5 Å². The summed E-state index contributed by atoms with van der Waals surface area (Å²) in [7, 11) is 1.72. The second kappa shape index (κ2) is 9.03. The molecule has 3 aliphatic rings. The van der Waals surface area contributed by atoms with E-state index < -0.39 is 0 Å². The molecule has 2 amide bonds. The van der Waals surface area contributed by atoms with Crippen molar-refractivity contribution in [3.63, 3.8) is 0 Å². The Bertz CT molecular complexity index is 822. The number of ether oxygens (including phenoxy) is 1. The number of hydrogen-bond acceptors (Lipinski definition) is 6. The SMILES string of the molecule is COCCN1CCN(C(=O)c2csc(C3CCN(C(=O)C4C(C)(C)C4(C)C)CC3)n2)CC1. The zero-order valence-corrected chi connectivity index (χ0v) is 21.0. The molecule has 0 bridgehead atoms. The fourth-order valence-corrected chi connectivity index (χ4v) is 6.44. The van der Waals surface area contributed by atoms with Gasteiger partial charge in [-0.1, -0.05) is 27.7 Å². The van der Waals surface area contributed by atoms with Crippen molar-refractivity contribution < 1.29 is 14.3 Å². The van der Waals surface area contributed by atoms with Crippen molar-refractivity contribution in [2.45, 2.75) is 46.5 Å². The van der Waals surface area contributed by atoms with Crippen LogP contribution in [0.5, 0.6) is 0 Å². The molecule has 1 saturated carbocycles. The van der Waals surface area contributed by atoms with Crippen LogP contribution in [0, 0.1) is 16.7 Å². The summed E-state index contributed by atoms with van der Waals surface area (Å²) in [6.07, 6.45) is 1.86. The number of rotatable bonds is 6. The number of aromatic nitrogens is 1. The van der Waals surface area contributed by atoms with E-state index in [9.17, 15) is 9.59 Å². The Morgan fingerprint density at radius 1 is 1.03 bits per heavy atom. The zero-order valence-electron chi connectivity index (χ0n) is 20.2. The summed E-state index contributed by atoms with van der Waals surface area (Å²) in [6.45, 7) is 15.3. The van der Waals surface area contributed by atoms with Gasteiger partial charge in [0.15, 0.2) is 0 Å². The first kappa shape index (κ1) is 23.6. The molecule has 2 aliphatic heterocycles. The summed E-state index contributed by atoms with van der Waals surface area (Å²) in [5.74, 6) is 0.838. The van der Waals surface area contributed by atoms with E-state index in [1.165, 1.54) is 0 Å². The van der Waals surface area contributed by atoms with Gasteiger partial charge in [0.1, 0.15) is 5.69 Å². The van der Waals surface area contributed by atoms with Crippen LogP contribution in [0.4, 0.5) is 0 Å². The van der Waals surface area contributed by atoms with Crippen LogP contribution in [0.2, 0.25) is 0 Å². The molecule has 8 heteroatoms. The van der Waals surface area contributed by atoms with Crippen LogP contribution < -0.4 is 0 Å². The molecular weight excluding hydrogens is 424 g/mol. The topological polar surface area (TPSA) is 66.0 Å². The van der Waals surface area contributed by atoms with E-state index in [-0.39, 0.29) is 22.7 Å². The Kier molecular flexibility index (Phi) is 6.67. The van der Waals surface area contributed by atoms with Crippen molar-refractivity contribution in [1.82, 2.24) is 19.7 Å². The molecule has 0 unspecified atom stereocenters. The van der Waals surface area contributed by atoms with Crippen LogP contribution in [-0.2, 0) is 9.53 Å². The van der Waals surface area contributed by atoms with Gasteiger partial charge in [0.2, 0.25) is 5.91 Å². The smallest absolute Gasteiger partial charge is 0.273 e. The zero-order chi connectivity index (χ0) is 23.1. The quantitative estimate of drug-likeness (QED) is 0.650. The van der Waals surface area contributed by atoms with Crippen LogP contribution in [0.3, 0.4) is 0 Å². The number of likely N-dealkylation sites (tertiary alicyclic amines) is 1. The summed E-state index contributed by atoms with van der Waals surface area (Å²) in [4.78, 5) is 37.0. The lowest BCUT2D eigenvalue weighted by molar-refractivity contribution is -0.134. The number of amides is 2. The van der Waals surface area contributed by atoms with E-state index in [1.54, 1.807) is 18.4 Å². The molecule has 7 nitrogen and oxygen atoms in total. The molecular formula is C24H38N4O3S. The predicted molar refractivity (Wildman–Crippen MR) is 126 cm³/mol. The second-order valence-electron chi connectivity index (χ2n) is 10.7. The van der Waals surface area contributed by atoms with Crippen LogP contribution >= 0.6 is 11.3 Å². The highest BCUT2D eigenvalue weighted by Gasteiger charge is 2.68. The average Bonchev–Trinajstić information content (AvgIpc) is 3.10. The minimum absolute atomic E-state index is 0.0460. The van der Waals surface area contributed by atoms with Gasteiger partial charge in [0.25, 0.3) is 5.91 Å². The Morgan fingerprint density at radius 2 is 1.66 bits per heavy atom. The highest BCUT2D eigenvalue weighted by molar-refractivity contribution is 7.09. The van der Waals surface area contributed by atoms with E-state index in [0.29, 0.717) is 17.5 Å². The van der Waals surface area contributed by atoms with Gasteiger partial charge in [-0.3, -0.25) is 14.5 Å². The Morgan fingerprint density at radius 3 is 2.22 bits per heavy atom. The minimum atomic E-state index is 0.0460. The molecule has 3 fully saturated rings. The summed E-state index contributed by atoms with van der Waals surface area (Å²) in [6, 6.07) is 0. The van der Waals surface area contributed by atoms with Crippen molar-refractivity contribution in [3.8, 4) is 0 Å². The number of piperazine rings is 1. The number of piperidine rings is 1. The molecule has 2 saturated heterocycles. The monoisotopic (exact) mass is 462 g/mol. The maximum atomic E-state index is 13.0. The first-order chi connectivity index (χ1) is 15.2. The fourth-order valence-electron chi connectivity index (χ4n) is 5.47. The summed E-state index contributed by atoms with van der Waals surface area (Å²) < 4.78 is 5.15. The largest absolute Gasteiger partial charge is 0.383 e. The van der Waals surface area contributed by atoms with Crippen molar-refractivity contribution in [2.75, 3.05) is 59.5 Å². The third-order valence-electron chi connectivity index (χ3n) is 8.44. The Hall–Kier alpha value is -1.51. The van der Waals surface area contributed by atoms with Crippen LogP contribution in [-0.4, -0.2) is 91.0 Å². The first-order valence-electron chi connectivity index (χ1n) is 11.9. The van der Waals surface area contributed by atoms with Crippen LogP contribution in [0.1, 0.15) is 62.0 Å². The summed E-state index contributed by atoms with van der Waals surface area (Å²) in [5.41, 5.74) is 0.747. The molecule has 0 N–H and O–H groups in total. The maximum Gasteiger partial charge on any atom is 0.273 e. The van der Waals surface area contributed by atoms with Gasteiger partial charge < -0.3 is 14.5 Å². The van der Waals surface area contributed by atoms with Gasteiger partial charge in [-0.15, -0.1) is 11.3 Å². The number of thiazole rings is 1. The van der Waals surface area contributed by atoms with E-state index in [4.69, 9.17) is 9.72 Å². The molecule has 0 spiro atoms. The summed E-state index contributed by atoms with van der Waals surface area (Å²) in [5, 5.41) is 2.97. The molecule has 1 aliphatic carbocycles. The maximum absolute atomic E-state index is 13.0. The highest BCUT2D eigenvalue weighted by Crippen LogP contribution is 2.68. The van der Waals surface area contributed by atoms with Crippen LogP contribution in [0.25, 0.3) is 0 Å². The Labute approximate surface area is 196 Å². The van der Waals surface area contributed by atoms with Gasteiger partial charge in [0.05, 0.1) is 11.6 Å². The third kappa shape index (κ3) is 4.33. The van der Waals surface area contributed by atoms with E-state index in [0.717, 1.165) is 70.3 Å². The van der Waals surface area contributed by atoms with Crippen LogP contribution in [0.15, 0.2) is 5.38 Å². The molecule has 0 aromatic carbocycles. The molecule has 0 atom stereocenters. The van der Waals surface area contributed by atoms with Crippen molar-refractivity contribution in [3.05, 3.63) is 16.1 Å². The van der Waals surface area contributed by atoms with E-state index >= 15 is 0 Å². The van der Waals surface area contributed by atoms with Crippen molar-refractivity contribution >= 4 is 23.2 Å². The minimum Gasteiger partial charge on any atom is -0.383 e. The van der Waals surface area contributed by atoms with Crippen molar-refractivity contribution in [1.29, 1.82) is 0 Å². The third-order valence-corrected chi connectivity index (χ3v) is 9.44. The van der Waals surface area contributed by atoms with Gasteiger partial charge in [-0.05, 0) is 23.7 Å². The number of hydrogen-bond donors (Lipinski definition) is 0. The molecule has 3 heterocycles. The predicted octanol–water partition coefficient (Wildman–Crippen LogP) is 2.94. The molecule has 4 rings (SSSR count). The number of carbonyl (C=O) groups excluding carboxylic acids is 2. The lowest BCUT2D eigenvalue weighted by Gasteiger charge is -2.34. The van der Waals surface area contributed by atoms with Gasteiger partial charge >= 0.3 is 0 Å². The van der Waals surface area contributed by atoms with Gasteiger partial charge in [0, 0.05) is 70.1 Å². The van der Waals surface area contributed by atoms with Crippen molar-refractivity contribution in [2.24, 2.45) is 16.7 Å². The lowest BCUT2D eigenvalue weighted by atomic mass is 9.96. The molecule has 32 heavy (non-hydrogen) atoms. The van der Waals surface area contributed by atoms with Gasteiger partial charge in [-0.2, -0.15) is 0 Å². The molecule has 1 aromatic rings. The van der Waals surface area contributed by atoms with Gasteiger partial charge in [-0.25, -0.2) is 4.98 Å². The molecule has 178 valence electrons. The Balaban J connectivity index is 1.28. The average molecular weight is 463 g/mol.